The number of nitrogens with zero attached hydrogens (tertiary/aromatic N) is 5. The van der Waals surface area contributed by atoms with E-state index in [-0.39, 0.29) is 44.7 Å². The topological polar surface area (TPSA) is 156 Å². The highest BCUT2D eigenvalue weighted by atomic mass is 16.5. The van der Waals surface area contributed by atoms with Crippen LogP contribution in [-0.4, -0.2) is 97.1 Å². The lowest BCUT2D eigenvalue weighted by Gasteiger charge is -2.40. The van der Waals surface area contributed by atoms with E-state index in [9.17, 15) is 24.3 Å². The van der Waals surface area contributed by atoms with E-state index in [0.717, 1.165) is 11.1 Å². The maximum absolute atomic E-state index is 14.9. The highest BCUT2D eigenvalue weighted by Gasteiger charge is 2.75. The number of ether oxygens (including phenoxy) is 2. The van der Waals surface area contributed by atoms with E-state index in [1.165, 1.54) is 4.90 Å². The summed E-state index contributed by atoms with van der Waals surface area (Å²) in [7, 11) is 0. The highest BCUT2D eigenvalue weighted by molar-refractivity contribution is 5.99. The van der Waals surface area contributed by atoms with Gasteiger partial charge in [-0.15, -0.1) is 18.3 Å². The van der Waals surface area contributed by atoms with Gasteiger partial charge in [-0.1, -0.05) is 73.7 Å². The number of carbonyl (C=O) groups is 4. The minimum atomic E-state index is -1.30. The molecule has 3 amide bonds. The second kappa shape index (κ2) is 15.2. The molecule has 3 aliphatic rings. The van der Waals surface area contributed by atoms with Crippen LogP contribution in [-0.2, 0) is 35.3 Å². The largest absolute Gasteiger partial charge is 0.463 e. The van der Waals surface area contributed by atoms with Crippen molar-refractivity contribution in [3.63, 3.8) is 0 Å². The van der Waals surface area contributed by atoms with E-state index in [4.69, 9.17) is 9.47 Å². The Morgan fingerprint density at radius 1 is 1.14 bits per heavy atom. The Labute approximate surface area is 297 Å². The minimum absolute atomic E-state index is 0.0354. The summed E-state index contributed by atoms with van der Waals surface area (Å²) in [5.74, 6) is -3.72. The summed E-state index contributed by atoms with van der Waals surface area (Å²) >= 11 is 0. The fraction of sp³-hybridized carbons (Fsp3) is 0.474. The molecule has 2 aromatic carbocycles. The van der Waals surface area contributed by atoms with Crippen molar-refractivity contribution in [3.8, 4) is 0 Å². The molecule has 7 atom stereocenters. The zero-order valence-electron chi connectivity index (χ0n) is 29.1. The van der Waals surface area contributed by atoms with Crippen LogP contribution in [0.4, 0.5) is 0 Å². The molecule has 3 aliphatic heterocycles. The maximum atomic E-state index is 14.9. The summed E-state index contributed by atoms with van der Waals surface area (Å²) in [4.78, 5) is 59.4. The van der Waals surface area contributed by atoms with Gasteiger partial charge in [-0.3, -0.25) is 19.2 Å². The standard InChI is InChI=1S/C38H46N6O7/c1-5-7-17-31(46)50-22-27(25-13-9-8-10-14-25)39-35(47)32-30-18-19-38(51-30)33(32)36(48)44(29(21-45)24(3)4)34(38)37(49)42(20-6-2)23-43-28-16-12-11-15-26(28)40-41-43/h5-6,8-16,24,27,29-30,32-34,45H,1-2,7,17-23H2,3-4H3,(H,39,47)/t27-,29-,30-,32+,33+,34-,38+/m0/s1. The molecular formula is C38H46N6O7. The van der Waals surface area contributed by atoms with Crippen molar-refractivity contribution in [2.75, 3.05) is 19.8 Å². The molecule has 0 unspecified atom stereocenters. The third kappa shape index (κ3) is 6.67. The monoisotopic (exact) mass is 698 g/mol. The predicted molar refractivity (Wildman–Crippen MR) is 187 cm³/mol. The third-order valence-electron chi connectivity index (χ3n) is 10.5. The summed E-state index contributed by atoms with van der Waals surface area (Å²) in [5.41, 5.74) is 0.840. The highest BCUT2D eigenvalue weighted by Crippen LogP contribution is 2.59. The van der Waals surface area contributed by atoms with E-state index in [2.05, 4.69) is 28.8 Å². The van der Waals surface area contributed by atoms with Crippen molar-refractivity contribution in [1.82, 2.24) is 30.1 Å². The van der Waals surface area contributed by atoms with Crippen molar-refractivity contribution in [2.24, 2.45) is 17.8 Å². The minimum Gasteiger partial charge on any atom is -0.463 e. The van der Waals surface area contributed by atoms with Crippen LogP contribution in [0, 0.1) is 17.8 Å². The average molecular weight is 699 g/mol. The van der Waals surface area contributed by atoms with Gasteiger partial charge in [-0.2, -0.15) is 0 Å². The van der Waals surface area contributed by atoms with Gasteiger partial charge >= 0.3 is 5.97 Å². The summed E-state index contributed by atoms with van der Waals surface area (Å²) < 4.78 is 13.8. The molecule has 51 heavy (non-hydrogen) atoms. The Kier molecular flexibility index (Phi) is 10.7. The van der Waals surface area contributed by atoms with Crippen LogP contribution in [0.2, 0.25) is 0 Å². The molecule has 1 spiro atoms. The number of amides is 3. The summed E-state index contributed by atoms with van der Waals surface area (Å²) in [6.45, 7) is 11.0. The first kappa shape index (κ1) is 35.9. The number of aliphatic hydroxyl groups is 1. The maximum Gasteiger partial charge on any atom is 0.306 e. The molecule has 3 fully saturated rings. The molecule has 13 nitrogen and oxygen atoms in total. The first-order valence-electron chi connectivity index (χ1n) is 17.6. The van der Waals surface area contributed by atoms with Gasteiger partial charge in [-0.25, -0.2) is 4.68 Å². The molecular weight excluding hydrogens is 652 g/mol. The van der Waals surface area contributed by atoms with Crippen molar-refractivity contribution < 1.29 is 33.8 Å². The predicted octanol–water partition coefficient (Wildman–Crippen LogP) is 3.16. The molecule has 0 aliphatic carbocycles. The first-order chi connectivity index (χ1) is 24.6. The lowest BCUT2D eigenvalue weighted by Crippen LogP contribution is -2.59. The van der Waals surface area contributed by atoms with Crippen molar-refractivity contribution in [3.05, 3.63) is 85.5 Å². The number of likely N-dealkylation sites (tertiary alicyclic amines) is 1. The van der Waals surface area contributed by atoms with E-state index < -0.39 is 59.5 Å². The molecule has 6 rings (SSSR count). The van der Waals surface area contributed by atoms with Gasteiger partial charge in [-0.05, 0) is 42.9 Å². The molecule has 3 aromatic rings. The Morgan fingerprint density at radius 2 is 1.88 bits per heavy atom. The number of rotatable bonds is 16. The van der Waals surface area contributed by atoms with Crippen LogP contribution in [0.5, 0.6) is 0 Å². The lowest BCUT2D eigenvalue weighted by molar-refractivity contribution is -0.153. The summed E-state index contributed by atoms with van der Waals surface area (Å²) in [5, 5.41) is 22.2. The fourth-order valence-corrected chi connectivity index (χ4v) is 8.02. The van der Waals surface area contributed by atoms with Crippen molar-refractivity contribution in [1.29, 1.82) is 0 Å². The number of para-hydroxylation sites is 1. The lowest BCUT2D eigenvalue weighted by atomic mass is 9.70. The number of hydrogen-bond donors (Lipinski definition) is 2. The second-order valence-electron chi connectivity index (χ2n) is 13.8. The molecule has 13 heteroatoms. The Bertz CT molecular complexity index is 1780. The van der Waals surface area contributed by atoms with Crippen LogP contribution < -0.4 is 5.32 Å². The Morgan fingerprint density at radius 3 is 2.59 bits per heavy atom. The van der Waals surface area contributed by atoms with E-state index in [0.29, 0.717) is 24.8 Å². The third-order valence-corrected chi connectivity index (χ3v) is 10.5. The van der Waals surface area contributed by atoms with Crippen LogP contribution in [0.25, 0.3) is 11.0 Å². The molecule has 270 valence electrons. The van der Waals surface area contributed by atoms with Gasteiger partial charge in [0.25, 0.3) is 0 Å². The summed E-state index contributed by atoms with van der Waals surface area (Å²) in [6.07, 6.45) is 4.12. The van der Waals surface area contributed by atoms with Gasteiger partial charge in [0, 0.05) is 13.0 Å². The number of aliphatic hydroxyl groups excluding tert-OH is 1. The van der Waals surface area contributed by atoms with E-state index in [1.807, 2.05) is 68.4 Å². The average Bonchev–Trinajstić information content (AvgIpc) is 3.89. The van der Waals surface area contributed by atoms with E-state index in [1.54, 1.807) is 21.7 Å². The number of hydrogen-bond acceptors (Lipinski definition) is 9. The van der Waals surface area contributed by atoms with Gasteiger partial charge < -0.3 is 29.7 Å². The first-order valence-corrected chi connectivity index (χ1v) is 17.6. The molecule has 0 radical (unpaired) electrons. The number of esters is 1. The smallest absolute Gasteiger partial charge is 0.306 e. The quantitative estimate of drug-likeness (QED) is 0.170. The normalized spacial score (nSPS) is 24.7. The molecule has 1 aromatic heterocycles. The van der Waals surface area contributed by atoms with Crippen LogP contribution in [0.1, 0.15) is 51.1 Å². The molecule has 0 saturated carbocycles. The second-order valence-corrected chi connectivity index (χ2v) is 13.8. The zero-order chi connectivity index (χ0) is 36.3. The van der Waals surface area contributed by atoms with Gasteiger partial charge in [0.05, 0.1) is 42.1 Å². The van der Waals surface area contributed by atoms with Crippen molar-refractivity contribution in [2.45, 2.75) is 76.0 Å². The van der Waals surface area contributed by atoms with Crippen LogP contribution >= 0.6 is 0 Å². The number of fused-ring (bicyclic) bond motifs is 2. The Hall–Kier alpha value is -4.88. The number of benzene rings is 2. The number of allylic oxidation sites excluding steroid dienone is 1. The van der Waals surface area contributed by atoms with E-state index >= 15 is 0 Å². The van der Waals surface area contributed by atoms with Gasteiger partial charge in [0.2, 0.25) is 17.7 Å². The SMILES string of the molecule is C=CCCC(=O)OC[C@H](NC(=O)[C@@H]1[C@@H]2CC[C@]3(O2)[C@H](C(=O)N(CC=C)Cn2nnc4ccccc42)N([C@@H](CO)C(C)C)C(=O)[C@@H]13)c1ccccc1. The van der Waals surface area contributed by atoms with Gasteiger partial charge in [0.15, 0.2) is 0 Å². The van der Waals surface area contributed by atoms with Crippen LogP contribution in [0.3, 0.4) is 0 Å². The van der Waals surface area contributed by atoms with Crippen LogP contribution in [0.15, 0.2) is 79.9 Å². The molecule has 2 N–H and O–H groups in total. The molecule has 4 heterocycles. The molecule has 2 bridgehead atoms. The fourth-order valence-electron chi connectivity index (χ4n) is 8.02. The Balaban J connectivity index is 1.32. The number of nitrogens with one attached hydrogen (secondary N) is 1. The van der Waals surface area contributed by atoms with Gasteiger partial charge in [0.1, 0.15) is 30.4 Å². The summed E-state index contributed by atoms with van der Waals surface area (Å²) in [6, 6.07) is 14.1. The zero-order valence-corrected chi connectivity index (χ0v) is 29.1. The number of aromatic nitrogens is 3. The number of carbonyl (C=O) groups excluding carboxylic acids is 4. The molecule has 3 saturated heterocycles. The van der Waals surface area contributed by atoms with Crippen molar-refractivity contribution >= 4 is 34.7 Å².